The molecule has 0 saturated carbocycles. The minimum atomic E-state index is -0.252. The second-order valence-corrected chi connectivity index (χ2v) is 8.60. The van der Waals surface area contributed by atoms with E-state index in [9.17, 15) is 4.79 Å². The van der Waals surface area contributed by atoms with E-state index >= 15 is 0 Å². The molecule has 0 unspecified atom stereocenters. The lowest BCUT2D eigenvalue weighted by Gasteiger charge is -2.13. The lowest BCUT2D eigenvalue weighted by atomic mass is 10.2. The van der Waals surface area contributed by atoms with E-state index in [0.717, 1.165) is 22.6 Å². The Hall–Kier alpha value is -3.89. The van der Waals surface area contributed by atoms with Crippen LogP contribution in [0.4, 0.5) is 17.3 Å². The van der Waals surface area contributed by atoms with Gasteiger partial charge in [0.1, 0.15) is 0 Å². The van der Waals surface area contributed by atoms with Crippen molar-refractivity contribution >= 4 is 52.3 Å². The van der Waals surface area contributed by atoms with Gasteiger partial charge in [0.15, 0.2) is 10.3 Å². The van der Waals surface area contributed by atoms with E-state index in [1.807, 2.05) is 96.4 Å². The van der Waals surface area contributed by atoms with Gasteiger partial charge in [0.25, 0.3) is 0 Å². The first-order chi connectivity index (χ1) is 16.6. The predicted octanol–water partition coefficient (Wildman–Crippen LogP) is 4.43. The summed E-state index contributed by atoms with van der Waals surface area (Å²) in [4.78, 5) is 12.4. The molecular weight excluding hydrogens is 466 g/mol. The van der Waals surface area contributed by atoms with Crippen LogP contribution in [0.5, 0.6) is 0 Å². The maximum absolute atomic E-state index is 12.4. The van der Waals surface area contributed by atoms with Crippen LogP contribution in [-0.4, -0.2) is 31.5 Å². The van der Waals surface area contributed by atoms with Crippen LogP contribution in [0.1, 0.15) is 5.56 Å². The van der Waals surface area contributed by atoms with E-state index in [4.69, 9.17) is 12.2 Å². The van der Waals surface area contributed by atoms with Crippen molar-refractivity contribution in [2.75, 3.05) is 16.4 Å². The van der Waals surface area contributed by atoms with Crippen LogP contribution < -0.4 is 21.5 Å². The summed E-state index contributed by atoms with van der Waals surface area (Å²) in [5, 5.41) is 15.8. The molecule has 0 radical (unpaired) electrons. The third-order valence-electron chi connectivity index (χ3n) is 4.63. The summed E-state index contributed by atoms with van der Waals surface area (Å²) >= 11 is 6.51. The van der Waals surface area contributed by atoms with Gasteiger partial charge in [-0.25, -0.2) is 0 Å². The van der Waals surface area contributed by atoms with Crippen molar-refractivity contribution in [1.82, 2.24) is 25.6 Å². The highest BCUT2D eigenvalue weighted by Gasteiger charge is 2.16. The van der Waals surface area contributed by atoms with Crippen molar-refractivity contribution in [2.45, 2.75) is 12.1 Å². The Kier molecular flexibility index (Phi) is 7.74. The Balaban J connectivity index is 1.37. The SMILES string of the molecule is Cc1ccc(NC(=S)NNC(=O)CSc2nnc(Nc3ccccc3)n2-c2ccccc2)cc1. The fourth-order valence-electron chi connectivity index (χ4n) is 3.00. The number of thioether (sulfide) groups is 1. The fourth-order valence-corrected chi connectivity index (χ4v) is 3.92. The maximum Gasteiger partial charge on any atom is 0.248 e. The Bertz CT molecular complexity index is 1250. The number of hydrogen-bond donors (Lipinski definition) is 4. The maximum atomic E-state index is 12.4. The number of rotatable bonds is 7. The molecule has 34 heavy (non-hydrogen) atoms. The predicted molar refractivity (Wildman–Crippen MR) is 140 cm³/mol. The van der Waals surface area contributed by atoms with Crippen LogP contribution in [0.2, 0.25) is 0 Å². The van der Waals surface area contributed by atoms with Gasteiger partial charge in [-0.05, 0) is 55.5 Å². The van der Waals surface area contributed by atoms with Crippen molar-refractivity contribution in [3.8, 4) is 5.69 Å². The van der Waals surface area contributed by atoms with Gasteiger partial charge in [-0.3, -0.25) is 20.2 Å². The minimum absolute atomic E-state index is 0.121. The van der Waals surface area contributed by atoms with Crippen LogP contribution in [0, 0.1) is 6.92 Å². The molecule has 0 bridgehead atoms. The largest absolute Gasteiger partial charge is 0.331 e. The smallest absolute Gasteiger partial charge is 0.248 e. The number of para-hydroxylation sites is 2. The van der Waals surface area contributed by atoms with Crippen LogP contribution in [0.15, 0.2) is 90.1 Å². The number of nitrogens with zero attached hydrogens (tertiary/aromatic N) is 3. The number of aryl methyl sites for hydroxylation is 1. The number of aromatic nitrogens is 3. The normalized spacial score (nSPS) is 10.4. The van der Waals surface area contributed by atoms with Gasteiger partial charge in [-0.15, -0.1) is 10.2 Å². The van der Waals surface area contributed by atoms with Gasteiger partial charge >= 0.3 is 0 Å². The van der Waals surface area contributed by atoms with Gasteiger partial charge in [0.05, 0.1) is 11.4 Å². The highest BCUT2D eigenvalue weighted by atomic mass is 32.2. The van der Waals surface area contributed by atoms with Crippen LogP contribution in [0.3, 0.4) is 0 Å². The van der Waals surface area contributed by atoms with Crippen molar-refractivity contribution in [2.24, 2.45) is 0 Å². The molecular formula is C24H23N7OS2. The van der Waals surface area contributed by atoms with E-state index < -0.39 is 0 Å². The summed E-state index contributed by atoms with van der Waals surface area (Å²) in [5.74, 6) is 0.427. The minimum Gasteiger partial charge on any atom is -0.331 e. The molecule has 0 atom stereocenters. The van der Waals surface area contributed by atoms with Gasteiger partial charge < -0.3 is 10.6 Å². The zero-order valence-electron chi connectivity index (χ0n) is 18.4. The zero-order valence-corrected chi connectivity index (χ0v) is 20.0. The number of hydrogen-bond acceptors (Lipinski definition) is 6. The topological polar surface area (TPSA) is 95.9 Å². The van der Waals surface area contributed by atoms with E-state index in [1.54, 1.807) is 0 Å². The Morgan fingerprint density at radius 2 is 1.56 bits per heavy atom. The molecule has 1 aromatic heterocycles. The summed E-state index contributed by atoms with van der Waals surface area (Å²) in [6.07, 6.45) is 0. The van der Waals surface area contributed by atoms with Crippen molar-refractivity contribution in [3.05, 3.63) is 90.5 Å². The van der Waals surface area contributed by atoms with E-state index in [-0.39, 0.29) is 11.7 Å². The Morgan fingerprint density at radius 3 is 2.26 bits per heavy atom. The number of anilines is 3. The number of amides is 1. The Morgan fingerprint density at radius 1 is 0.882 bits per heavy atom. The average molecular weight is 490 g/mol. The number of thiocarbonyl (C=S) groups is 1. The lowest BCUT2D eigenvalue weighted by Crippen LogP contribution is -2.44. The highest BCUT2D eigenvalue weighted by Crippen LogP contribution is 2.26. The van der Waals surface area contributed by atoms with Crippen LogP contribution >= 0.6 is 24.0 Å². The fraction of sp³-hybridized carbons (Fsp3) is 0.0833. The monoisotopic (exact) mass is 489 g/mol. The van der Waals surface area contributed by atoms with Crippen LogP contribution in [-0.2, 0) is 4.79 Å². The van der Waals surface area contributed by atoms with E-state index in [2.05, 4.69) is 31.7 Å². The molecule has 0 fully saturated rings. The number of nitrogens with one attached hydrogen (secondary N) is 4. The number of carbonyl (C=O) groups is 1. The summed E-state index contributed by atoms with van der Waals surface area (Å²) in [5.41, 5.74) is 9.08. The van der Waals surface area contributed by atoms with Gasteiger partial charge in [0, 0.05) is 11.4 Å². The molecule has 0 aliphatic carbocycles. The summed E-state index contributed by atoms with van der Waals surface area (Å²) in [6.45, 7) is 2.01. The third-order valence-corrected chi connectivity index (χ3v) is 5.77. The first-order valence-electron chi connectivity index (χ1n) is 10.5. The molecule has 0 spiro atoms. The first-order valence-corrected chi connectivity index (χ1v) is 11.9. The molecule has 3 aromatic carbocycles. The van der Waals surface area contributed by atoms with Crippen LogP contribution in [0.25, 0.3) is 5.69 Å². The first kappa shape index (κ1) is 23.3. The van der Waals surface area contributed by atoms with Gasteiger partial charge in [0.2, 0.25) is 11.9 Å². The molecule has 1 heterocycles. The number of benzene rings is 3. The average Bonchev–Trinajstić information content (AvgIpc) is 3.26. The third kappa shape index (κ3) is 6.33. The second kappa shape index (κ2) is 11.3. The summed E-state index contributed by atoms with van der Waals surface area (Å²) < 4.78 is 1.88. The molecule has 0 aliphatic rings. The number of hydrazine groups is 1. The lowest BCUT2D eigenvalue weighted by molar-refractivity contribution is -0.119. The molecule has 0 saturated heterocycles. The zero-order chi connectivity index (χ0) is 23.8. The van der Waals surface area contributed by atoms with Crippen molar-refractivity contribution in [3.63, 3.8) is 0 Å². The molecule has 10 heteroatoms. The van der Waals surface area contributed by atoms with Crippen molar-refractivity contribution < 1.29 is 4.79 Å². The molecule has 4 rings (SSSR count). The van der Waals surface area contributed by atoms with E-state index in [0.29, 0.717) is 16.2 Å². The molecule has 4 aromatic rings. The number of carbonyl (C=O) groups excluding carboxylic acids is 1. The van der Waals surface area contributed by atoms with Gasteiger partial charge in [-0.1, -0.05) is 65.9 Å². The van der Waals surface area contributed by atoms with Gasteiger partial charge in [-0.2, -0.15) is 0 Å². The molecule has 1 amide bonds. The summed E-state index contributed by atoms with van der Waals surface area (Å²) in [6, 6.07) is 27.2. The van der Waals surface area contributed by atoms with Crippen molar-refractivity contribution in [1.29, 1.82) is 0 Å². The molecule has 0 aliphatic heterocycles. The second-order valence-electron chi connectivity index (χ2n) is 7.25. The molecule has 8 nitrogen and oxygen atoms in total. The van der Waals surface area contributed by atoms with E-state index in [1.165, 1.54) is 11.8 Å². The molecule has 172 valence electrons. The summed E-state index contributed by atoms with van der Waals surface area (Å²) in [7, 11) is 0. The Labute approximate surface area is 207 Å². The molecule has 4 N–H and O–H groups in total. The highest BCUT2D eigenvalue weighted by molar-refractivity contribution is 7.99. The quantitative estimate of drug-likeness (QED) is 0.172. The standard InChI is InChI=1S/C24H23N7OS2/c1-17-12-14-19(15-13-17)26-23(33)29-27-21(32)16-34-24-30-28-22(25-18-8-4-2-5-9-18)31(24)20-10-6-3-7-11-20/h2-15H,16H2,1H3,(H,25,28)(H,27,32)(H2,26,29,33).